The number of hydrogen-bond acceptors (Lipinski definition) is 5. The summed E-state index contributed by atoms with van der Waals surface area (Å²) in [6, 6.07) is 7.43. The number of aliphatic hydroxyl groups is 1. The van der Waals surface area contributed by atoms with Crippen molar-refractivity contribution in [3.05, 3.63) is 63.3 Å². The summed E-state index contributed by atoms with van der Waals surface area (Å²) in [6.07, 6.45) is 0.454. The zero-order chi connectivity index (χ0) is 20.3. The van der Waals surface area contributed by atoms with Crippen molar-refractivity contribution in [1.82, 2.24) is 19.7 Å². The first-order valence-electron chi connectivity index (χ1n) is 9.04. The molecule has 0 aliphatic carbocycles. The van der Waals surface area contributed by atoms with Crippen LogP contribution in [0.25, 0.3) is 11.0 Å². The lowest BCUT2D eigenvalue weighted by molar-refractivity contribution is 0.201. The van der Waals surface area contributed by atoms with Crippen LogP contribution in [0, 0.1) is 0 Å². The van der Waals surface area contributed by atoms with Crippen LogP contribution in [0.2, 0.25) is 0 Å². The quantitative estimate of drug-likeness (QED) is 0.604. The van der Waals surface area contributed by atoms with Gasteiger partial charge in [-0.3, -0.25) is 4.79 Å². The number of halogens is 1. The third-order valence-corrected chi connectivity index (χ3v) is 4.32. The summed E-state index contributed by atoms with van der Waals surface area (Å²) < 4.78 is 6.99. The Labute approximate surface area is 167 Å². The molecule has 0 spiro atoms. The Balaban J connectivity index is 1.96. The number of nitrogens with zero attached hydrogens (tertiary/aromatic N) is 3. The fourth-order valence-electron chi connectivity index (χ4n) is 2.97. The van der Waals surface area contributed by atoms with Gasteiger partial charge in [0, 0.05) is 11.5 Å². The van der Waals surface area contributed by atoms with E-state index in [1.54, 1.807) is 4.68 Å². The zero-order valence-electron chi connectivity index (χ0n) is 15.9. The molecule has 0 aliphatic rings. The Hall–Kier alpha value is -2.64. The van der Waals surface area contributed by atoms with Crippen molar-refractivity contribution < 1.29 is 9.84 Å². The summed E-state index contributed by atoms with van der Waals surface area (Å²) in [5.41, 5.74) is 1.96. The second-order valence-corrected chi connectivity index (χ2v) is 7.35. The van der Waals surface area contributed by atoms with E-state index in [9.17, 15) is 4.79 Å². The van der Waals surface area contributed by atoms with Gasteiger partial charge in [0.05, 0.1) is 18.8 Å². The monoisotopic (exact) mass is 402 g/mol. The van der Waals surface area contributed by atoms with E-state index in [0.29, 0.717) is 39.8 Å². The van der Waals surface area contributed by atoms with E-state index in [-0.39, 0.29) is 31.2 Å². The van der Waals surface area contributed by atoms with E-state index in [0.717, 1.165) is 5.56 Å². The third-order valence-electron chi connectivity index (χ3n) is 4.20. The highest BCUT2D eigenvalue weighted by molar-refractivity contribution is 6.29. The molecule has 28 heavy (non-hydrogen) atoms. The van der Waals surface area contributed by atoms with Crippen molar-refractivity contribution in [3.63, 3.8) is 0 Å². The predicted molar refractivity (Wildman–Crippen MR) is 109 cm³/mol. The molecule has 2 aromatic heterocycles. The summed E-state index contributed by atoms with van der Waals surface area (Å²) in [5, 5.41) is 14.3. The Kier molecular flexibility index (Phi) is 6.16. The standard InChI is InChI=1S/C20H23ClN4O3/c1-12(2)18-17-19(25(24-18)11-13(3)21)22-16(23-20(17)27)10-14-4-6-15(7-5-14)28-9-8-26/h4-7,12,26H,3,8-11H2,1-2H3,(H,22,23,27). The normalized spacial score (nSPS) is 11.3. The van der Waals surface area contributed by atoms with Crippen LogP contribution >= 0.6 is 11.6 Å². The van der Waals surface area contributed by atoms with Crippen LogP contribution in [0.5, 0.6) is 5.75 Å². The number of benzene rings is 1. The minimum absolute atomic E-state index is 0.0340. The number of allylic oxidation sites excluding steroid dienone is 1. The van der Waals surface area contributed by atoms with Crippen molar-refractivity contribution >= 4 is 22.6 Å². The van der Waals surface area contributed by atoms with E-state index in [4.69, 9.17) is 21.4 Å². The molecule has 3 rings (SSSR count). The van der Waals surface area contributed by atoms with E-state index in [1.807, 2.05) is 38.1 Å². The molecule has 0 atom stereocenters. The van der Waals surface area contributed by atoms with Gasteiger partial charge >= 0.3 is 0 Å². The number of rotatable bonds is 8. The van der Waals surface area contributed by atoms with Crippen LogP contribution in [-0.4, -0.2) is 38.1 Å². The summed E-state index contributed by atoms with van der Waals surface area (Å²) in [6.45, 7) is 8.18. The number of ether oxygens (including phenoxy) is 1. The maximum absolute atomic E-state index is 12.7. The molecule has 0 amide bonds. The van der Waals surface area contributed by atoms with Gasteiger partial charge in [-0.25, -0.2) is 9.67 Å². The van der Waals surface area contributed by atoms with Gasteiger partial charge in [-0.05, 0) is 23.6 Å². The molecule has 0 aliphatic heterocycles. The van der Waals surface area contributed by atoms with Gasteiger partial charge in [0.1, 0.15) is 23.6 Å². The van der Waals surface area contributed by atoms with Gasteiger partial charge in [-0.2, -0.15) is 5.10 Å². The van der Waals surface area contributed by atoms with Crippen LogP contribution in [0.4, 0.5) is 0 Å². The van der Waals surface area contributed by atoms with Crippen molar-refractivity contribution in [2.24, 2.45) is 0 Å². The highest BCUT2D eigenvalue weighted by Gasteiger charge is 2.19. The SMILES string of the molecule is C=C(Cl)Cn1nc(C(C)C)c2c(=O)[nH]c(Cc3ccc(OCCO)cc3)nc21. The first kappa shape index (κ1) is 20.1. The molecule has 0 saturated carbocycles. The van der Waals surface area contributed by atoms with Gasteiger partial charge in [-0.15, -0.1) is 0 Å². The van der Waals surface area contributed by atoms with Crippen molar-refractivity contribution in [3.8, 4) is 5.75 Å². The topological polar surface area (TPSA) is 93.0 Å². The van der Waals surface area contributed by atoms with Crippen LogP contribution in [-0.2, 0) is 13.0 Å². The Bertz CT molecular complexity index is 1040. The molecule has 2 N–H and O–H groups in total. The molecule has 7 nitrogen and oxygen atoms in total. The number of fused-ring (bicyclic) bond motifs is 1. The molecular formula is C20H23ClN4O3. The van der Waals surface area contributed by atoms with E-state index >= 15 is 0 Å². The van der Waals surface area contributed by atoms with Crippen molar-refractivity contribution in [2.75, 3.05) is 13.2 Å². The molecule has 0 unspecified atom stereocenters. The van der Waals surface area contributed by atoms with Crippen molar-refractivity contribution in [1.29, 1.82) is 0 Å². The lowest BCUT2D eigenvalue weighted by Crippen LogP contribution is -2.14. The van der Waals surface area contributed by atoms with Gasteiger partial charge in [0.25, 0.3) is 5.56 Å². The minimum Gasteiger partial charge on any atom is -0.491 e. The summed E-state index contributed by atoms with van der Waals surface area (Å²) in [5.74, 6) is 1.29. The Morgan fingerprint density at radius 2 is 2.07 bits per heavy atom. The number of aromatic amines is 1. The van der Waals surface area contributed by atoms with Gasteiger partial charge in [0.15, 0.2) is 5.65 Å². The van der Waals surface area contributed by atoms with Gasteiger partial charge in [-0.1, -0.05) is 44.2 Å². The fourth-order valence-corrected chi connectivity index (χ4v) is 3.09. The average molecular weight is 403 g/mol. The molecule has 8 heteroatoms. The predicted octanol–water partition coefficient (Wildman–Crippen LogP) is 2.96. The van der Waals surface area contributed by atoms with Crippen LogP contribution in [0.3, 0.4) is 0 Å². The first-order valence-corrected chi connectivity index (χ1v) is 9.42. The number of aliphatic hydroxyl groups excluding tert-OH is 1. The van der Waals surface area contributed by atoms with E-state index < -0.39 is 0 Å². The molecule has 0 fully saturated rings. The lowest BCUT2D eigenvalue weighted by Gasteiger charge is -2.06. The summed E-state index contributed by atoms with van der Waals surface area (Å²) in [4.78, 5) is 20.2. The van der Waals surface area contributed by atoms with Gasteiger partial charge in [0.2, 0.25) is 0 Å². The highest BCUT2D eigenvalue weighted by atomic mass is 35.5. The molecule has 2 heterocycles. The largest absolute Gasteiger partial charge is 0.491 e. The number of aromatic nitrogens is 4. The maximum Gasteiger partial charge on any atom is 0.262 e. The minimum atomic E-state index is -0.210. The molecule has 0 bridgehead atoms. The number of nitrogens with one attached hydrogen (secondary N) is 1. The Morgan fingerprint density at radius 1 is 1.36 bits per heavy atom. The molecule has 148 valence electrons. The van der Waals surface area contributed by atoms with Gasteiger partial charge < -0.3 is 14.8 Å². The Morgan fingerprint density at radius 3 is 2.68 bits per heavy atom. The van der Waals surface area contributed by atoms with Crippen molar-refractivity contribution in [2.45, 2.75) is 32.7 Å². The number of hydrogen-bond donors (Lipinski definition) is 2. The zero-order valence-corrected chi connectivity index (χ0v) is 16.7. The molecular weight excluding hydrogens is 380 g/mol. The van der Waals surface area contributed by atoms with E-state index in [1.165, 1.54) is 0 Å². The first-order chi connectivity index (χ1) is 13.4. The third kappa shape index (κ3) is 4.43. The summed E-state index contributed by atoms with van der Waals surface area (Å²) in [7, 11) is 0. The fraction of sp³-hybridized carbons (Fsp3) is 0.350. The summed E-state index contributed by atoms with van der Waals surface area (Å²) >= 11 is 5.97. The number of H-pyrrole nitrogens is 1. The maximum atomic E-state index is 12.7. The second kappa shape index (κ2) is 8.58. The second-order valence-electron chi connectivity index (χ2n) is 6.82. The smallest absolute Gasteiger partial charge is 0.262 e. The highest BCUT2D eigenvalue weighted by Crippen LogP contribution is 2.22. The van der Waals surface area contributed by atoms with Crippen LogP contribution in [0.15, 0.2) is 40.7 Å². The molecule has 3 aromatic rings. The van der Waals surface area contributed by atoms with E-state index in [2.05, 4.69) is 21.6 Å². The average Bonchev–Trinajstić information content (AvgIpc) is 3.00. The molecule has 1 aromatic carbocycles. The van der Waals surface area contributed by atoms with Crippen LogP contribution in [0.1, 0.15) is 36.8 Å². The van der Waals surface area contributed by atoms with Crippen LogP contribution < -0.4 is 10.3 Å². The molecule has 0 radical (unpaired) electrons. The lowest BCUT2D eigenvalue weighted by atomic mass is 10.1. The molecule has 0 saturated heterocycles.